The molecule has 0 heterocycles. The van der Waals surface area contributed by atoms with Gasteiger partial charge in [-0.05, 0) is 31.5 Å². The Morgan fingerprint density at radius 1 is 1.10 bits per heavy atom. The number of hydrogen-bond donors (Lipinski definition) is 1. The van der Waals surface area contributed by atoms with Crippen LogP contribution in [0.1, 0.15) is 23.7 Å². The minimum absolute atomic E-state index is 0.0729. The fourth-order valence-corrected chi connectivity index (χ4v) is 2.05. The fourth-order valence-electron chi connectivity index (χ4n) is 2.05. The molecule has 1 aromatic carbocycles. The van der Waals surface area contributed by atoms with Gasteiger partial charge in [0.1, 0.15) is 0 Å². The predicted octanol–water partition coefficient (Wildman–Crippen LogP) is 2.33. The van der Waals surface area contributed by atoms with E-state index < -0.39 is 0 Å². The van der Waals surface area contributed by atoms with Crippen molar-refractivity contribution in [2.24, 2.45) is 0 Å². The molecule has 0 aliphatic carbocycles. The van der Waals surface area contributed by atoms with Gasteiger partial charge in [0.05, 0.1) is 19.3 Å². The molecule has 0 bridgehead atoms. The lowest BCUT2D eigenvalue weighted by Gasteiger charge is -2.20. The summed E-state index contributed by atoms with van der Waals surface area (Å²) in [6, 6.07) is 8.34. The minimum atomic E-state index is 0.0729. The summed E-state index contributed by atoms with van der Waals surface area (Å²) >= 11 is 0. The normalized spacial score (nSPS) is 12.6. The Kier molecular flexibility index (Phi) is 9.24. The summed E-state index contributed by atoms with van der Waals surface area (Å²) in [4.78, 5) is 0. The third kappa shape index (κ3) is 6.48. The van der Waals surface area contributed by atoms with Crippen LogP contribution in [0.4, 0.5) is 0 Å². The maximum atomic E-state index is 5.94. The molecule has 0 saturated heterocycles. The van der Waals surface area contributed by atoms with Gasteiger partial charge in [-0.15, -0.1) is 0 Å². The molecule has 0 fully saturated rings. The first kappa shape index (κ1) is 17.1. The van der Waals surface area contributed by atoms with Gasteiger partial charge in [0.15, 0.2) is 0 Å². The number of likely N-dealkylation sites (N-methyl/N-ethyl adjacent to an activating group) is 1. The van der Waals surface area contributed by atoms with Crippen LogP contribution >= 0.6 is 0 Å². The zero-order valence-electron chi connectivity index (χ0n) is 12.9. The molecule has 1 N–H and O–H groups in total. The molecule has 0 aliphatic rings. The van der Waals surface area contributed by atoms with E-state index in [1.165, 1.54) is 11.1 Å². The molecule has 4 heteroatoms. The number of ether oxygens (including phenoxy) is 3. The van der Waals surface area contributed by atoms with Crippen molar-refractivity contribution in [2.75, 3.05) is 47.1 Å². The highest BCUT2D eigenvalue weighted by atomic mass is 16.5. The number of aryl methyl sites for hydroxylation is 1. The Hall–Kier alpha value is -0.940. The van der Waals surface area contributed by atoms with E-state index in [4.69, 9.17) is 14.2 Å². The molecule has 4 nitrogen and oxygen atoms in total. The van der Waals surface area contributed by atoms with Crippen LogP contribution in [0.15, 0.2) is 24.3 Å². The van der Waals surface area contributed by atoms with Crippen LogP contribution in [0.3, 0.4) is 0 Å². The van der Waals surface area contributed by atoms with Crippen molar-refractivity contribution in [1.29, 1.82) is 0 Å². The molecule has 0 aliphatic heterocycles. The predicted molar refractivity (Wildman–Crippen MR) is 81.1 cm³/mol. The lowest BCUT2D eigenvalue weighted by Crippen LogP contribution is -2.22. The van der Waals surface area contributed by atoms with Crippen molar-refractivity contribution in [3.8, 4) is 0 Å². The Bertz CT molecular complexity index is 357. The van der Waals surface area contributed by atoms with Crippen molar-refractivity contribution in [1.82, 2.24) is 5.32 Å². The summed E-state index contributed by atoms with van der Waals surface area (Å²) in [6.45, 7) is 5.60. The van der Waals surface area contributed by atoms with Gasteiger partial charge in [-0.25, -0.2) is 0 Å². The maximum Gasteiger partial charge on any atom is 0.0952 e. The molecule has 0 saturated carbocycles. The van der Waals surface area contributed by atoms with Crippen LogP contribution in [0.5, 0.6) is 0 Å². The van der Waals surface area contributed by atoms with Crippen molar-refractivity contribution in [3.63, 3.8) is 0 Å². The van der Waals surface area contributed by atoms with E-state index in [9.17, 15) is 0 Å². The fraction of sp³-hybridized carbons (Fsp3) is 0.625. The Morgan fingerprint density at radius 3 is 2.60 bits per heavy atom. The standard InChI is InChI=1S/C16H27NO3/c1-14-7-4-5-8-15(14)16(13-17-2)20-12-11-19-10-6-9-18-3/h4-5,7-8,16-17H,6,9-13H2,1-3H3. The lowest BCUT2D eigenvalue weighted by atomic mass is 10.0. The number of rotatable bonds is 11. The Morgan fingerprint density at radius 2 is 1.90 bits per heavy atom. The molecule has 114 valence electrons. The zero-order chi connectivity index (χ0) is 14.6. The summed E-state index contributed by atoms with van der Waals surface area (Å²) in [5, 5.41) is 3.18. The first-order valence-corrected chi connectivity index (χ1v) is 7.18. The van der Waals surface area contributed by atoms with E-state index >= 15 is 0 Å². The highest BCUT2D eigenvalue weighted by Gasteiger charge is 2.12. The highest BCUT2D eigenvalue weighted by molar-refractivity contribution is 5.28. The smallest absolute Gasteiger partial charge is 0.0952 e. The molecular formula is C16H27NO3. The second-order valence-corrected chi connectivity index (χ2v) is 4.73. The van der Waals surface area contributed by atoms with Crippen molar-refractivity contribution >= 4 is 0 Å². The number of methoxy groups -OCH3 is 1. The minimum Gasteiger partial charge on any atom is -0.385 e. The molecule has 20 heavy (non-hydrogen) atoms. The van der Waals surface area contributed by atoms with E-state index in [1.807, 2.05) is 13.1 Å². The molecule has 1 rings (SSSR count). The van der Waals surface area contributed by atoms with Gasteiger partial charge >= 0.3 is 0 Å². The molecule has 0 radical (unpaired) electrons. The van der Waals surface area contributed by atoms with Crippen LogP contribution < -0.4 is 5.32 Å². The molecule has 0 aromatic heterocycles. The number of hydrogen-bond acceptors (Lipinski definition) is 4. The Labute approximate surface area is 122 Å². The van der Waals surface area contributed by atoms with Gasteiger partial charge in [-0.2, -0.15) is 0 Å². The third-order valence-corrected chi connectivity index (χ3v) is 3.11. The van der Waals surface area contributed by atoms with Crippen molar-refractivity contribution in [3.05, 3.63) is 35.4 Å². The van der Waals surface area contributed by atoms with Gasteiger partial charge in [0, 0.05) is 26.9 Å². The van der Waals surface area contributed by atoms with Crippen LogP contribution in [-0.2, 0) is 14.2 Å². The SMILES string of the molecule is CNCC(OCCOCCCOC)c1ccccc1C. The summed E-state index contributed by atoms with van der Waals surface area (Å²) < 4.78 is 16.4. The molecule has 1 aromatic rings. The first-order chi connectivity index (χ1) is 9.79. The van der Waals surface area contributed by atoms with Gasteiger partial charge in [0.2, 0.25) is 0 Å². The van der Waals surface area contributed by atoms with Crippen LogP contribution in [-0.4, -0.2) is 47.1 Å². The van der Waals surface area contributed by atoms with E-state index in [-0.39, 0.29) is 6.10 Å². The zero-order valence-corrected chi connectivity index (χ0v) is 12.9. The monoisotopic (exact) mass is 281 g/mol. The third-order valence-electron chi connectivity index (χ3n) is 3.11. The average Bonchev–Trinajstić information content (AvgIpc) is 2.46. The van der Waals surface area contributed by atoms with Gasteiger partial charge in [0.25, 0.3) is 0 Å². The lowest BCUT2D eigenvalue weighted by molar-refractivity contribution is 0.00119. The summed E-state index contributed by atoms with van der Waals surface area (Å²) in [5.74, 6) is 0. The van der Waals surface area contributed by atoms with Gasteiger partial charge < -0.3 is 19.5 Å². The molecule has 0 amide bonds. The number of benzene rings is 1. The van der Waals surface area contributed by atoms with E-state index in [2.05, 4.69) is 30.4 Å². The second kappa shape index (κ2) is 10.8. The second-order valence-electron chi connectivity index (χ2n) is 4.73. The molecule has 1 unspecified atom stereocenters. The van der Waals surface area contributed by atoms with E-state index in [0.29, 0.717) is 13.2 Å². The molecular weight excluding hydrogens is 254 g/mol. The van der Waals surface area contributed by atoms with Gasteiger partial charge in [-0.3, -0.25) is 0 Å². The highest BCUT2D eigenvalue weighted by Crippen LogP contribution is 2.20. The van der Waals surface area contributed by atoms with Crippen LogP contribution in [0.2, 0.25) is 0 Å². The summed E-state index contributed by atoms with van der Waals surface area (Å²) in [5.41, 5.74) is 2.50. The van der Waals surface area contributed by atoms with Gasteiger partial charge in [-0.1, -0.05) is 24.3 Å². The van der Waals surface area contributed by atoms with Crippen molar-refractivity contribution < 1.29 is 14.2 Å². The molecule has 0 spiro atoms. The summed E-state index contributed by atoms with van der Waals surface area (Å²) in [7, 11) is 3.64. The van der Waals surface area contributed by atoms with Crippen molar-refractivity contribution in [2.45, 2.75) is 19.4 Å². The largest absolute Gasteiger partial charge is 0.385 e. The summed E-state index contributed by atoms with van der Waals surface area (Å²) in [6.07, 6.45) is 0.998. The van der Waals surface area contributed by atoms with Crippen LogP contribution in [0.25, 0.3) is 0 Å². The topological polar surface area (TPSA) is 39.7 Å². The maximum absolute atomic E-state index is 5.94. The van der Waals surface area contributed by atoms with E-state index in [0.717, 1.165) is 26.2 Å². The first-order valence-electron chi connectivity index (χ1n) is 7.18. The quantitative estimate of drug-likeness (QED) is 0.632. The number of nitrogens with one attached hydrogen (secondary N) is 1. The average molecular weight is 281 g/mol. The Balaban J connectivity index is 2.31. The van der Waals surface area contributed by atoms with E-state index in [1.54, 1.807) is 7.11 Å². The van der Waals surface area contributed by atoms with Crippen LogP contribution in [0, 0.1) is 6.92 Å². The molecule has 1 atom stereocenters.